The molecule has 0 bridgehead atoms. The van der Waals surface area contributed by atoms with Crippen molar-refractivity contribution in [2.24, 2.45) is 11.8 Å². The number of benzene rings is 1. The Hall–Kier alpha value is -1.58. The van der Waals surface area contributed by atoms with E-state index in [0.29, 0.717) is 12.0 Å². The van der Waals surface area contributed by atoms with E-state index in [-0.39, 0.29) is 12.5 Å². The molecule has 0 unspecified atom stereocenters. The fourth-order valence-electron chi connectivity index (χ4n) is 4.44. The molecule has 0 aliphatic carbocycles. The highest BCUT2D eigenvalue weighted by atomic mass is 16.3. The van der Waals surface area contributed by atoms with Gasteiger partial charge in [0.25, 0.3) is 0 Å². The molecule has 1 aromatic carbocycles. The Balaban J connectivity index is 1.70. The van der Waals surface area contributed by atoms with Crippen LogP contribution < -0.4 is 0 Å². The lowest BCUT2D eigenvalue weighted by atomic mass is 9.78. The topological polar surface area (TPSA) is 39.3 Å². The predicted molar refractivity (Wildman–Crippen MR) is 89.8 cm³/mol. The second kappa shape index (κ2) is 5.56. The van der Waals surface area contributed by atoms with Crippen LogP contribution in [0.4, 0.5) is 0 Å². The van der Waals surface area contributed by atoms with Gasteiger partial charge in [0.15, 0.2) is 0 Å². The van der Waals surface area contributed by atoms with Gasteiger partial charge >= 0.3 is 0 Å². The molecule has 116 valence electrons. The van der Waals surface area contributed by atoms with Crippen LogP contribution in [-0.2, 0) is 6.42 Å². The van der Waals surface area contributed by atoms with Crippen molar-refractivity contribution in [2.45, 2.75) is 25.3 Å². The van der Waals surface area contributed by atoms with Gasteiger partial charge in [0.1, 0.15) is 0 Å². The van der Waals surface area contributed by atoms with Crippen LogP contribution in [0.25, 0.3) is 10.9 Å². The van der Waals surface area contributed by atoms with Crippen molar-refractivity contribution in [3.63, 3.8) is 0 Å². The Kier molecular flexibility index (Phi) is 3.55. The first-order valence-electron chi connectivity index (χ1n) is 8.38. The number of nitrogens with zero attached hydrogens (tertiary/aromatic N) is 1. The summed E-state index contributed by atoms with van der Waals surface area (Å²) in [4.78, 5) is 6.30. The Bertz CT molecular complexity index is 690. The zero-order chi connectivity index (χ0) is 15.1. The Morgan fingerprint density at radius 2 is 2.23 bits per heavy atom. The van der Waals surface area contributed by atoms with Gasteiger partial charge in [-0.1, -0.05) is 24.3 Å². The van der Waals surface area contributed by atoms with Crippen LogP contribution in [0.2, 0.25) is 0 Å². The minimum absolute atomic E-state index is 0.223. The number of para-hydroxylation sites is 1. The maximum absolute atomic E-state index is 9.59. The van der Waals surface area contributed by atoms with Crippen LogP contribution in [0.1, 0.15) is 30.1 Å². The summed E-state index contributed by atoms with van der Waals surface area (Å²) in [6.45, 7) is 6.42. The zero-order valence-corrected chi connectivity index (χ0v) is 13.0. The number of rotatable bonds is 3. The van der Waals surface area contributed by atoms with Crippen molar-refractivity contribution in [1.82, 2.24) is 9.88 Å². The summed E-state index contributed by atoms with van der Waals surface area (Å²) in [5.41, 5.74) is 4.19. The molecule has 3 heteroatoms. The van der Waals surface area contributed by atoms with E-state index in [0.717, 1.165) is 25.9 Å². The first-order valence-corrected chi connectivity index (χ1v) is 8.38. The maximum atomic E-state index is 9.59. The molecule has 4 rings (SSSR count). The predicted octanol–water partition coefficient (Wildman–Crippen LogP) is 3.27. The first kappa shape index (κ1) is 14.0. The molecule has 2 aliphatic rings. The lowest BCUT2D eigenvalue weighted by Crippen LogP contribution is -2.43. The second-order valence-electron chi connectivity index (χ2n) is 6.73. The highest BCUT2D eigenvalue weighted by Gasteiger charge is 2.37. The quantitative estimate of drug-likeness (QED) is 0.853. The summed E-state index contributed by atoms with van der Waals surface area (Å²) in [6.07, 6.45) is 5.38. The molecule has 1 fully saturated rings. The Morgan fingerprint density at radius 1 is 1.36 bits per heavy atom. The number of aromatic amines is 1. The summed E-state index contributed by atoms with van der Waals surface area (Å²) in [5.74, 6) is 0.776. The molecule has 0 radical (unpaired) electrons. The summed E-state index contributed by atoms with van der Waals surface area (Å²) in [5, 5.41) is 11.0. The number of hydrogen-bond acceptors (Lipinski definition) is 2. The second-order valence-corrected chi connectivity index (χ2v) is 6.73. The smallest absolute Gasteiger partial charge is 0.0504 e. The van der Waals surface area contributed by atoms with Crippen LogP contribution in [0.3, 0.4) is 0 Å². The van der Waals surface area contributed by atoms with Crippen molar-refractivity contribution >= 4 is 10.9 Å². The van der Waals surface area contributed by atoms with E-state index in [1.165, 1.54) is 28.6 Å². The lowest BCUT2D eigenvalue weighted by Gasteiger charge is -2.43. The van der Waals surface area contributed by atoms with Crippen molar-refractivity contribution in [2.75, 3.05) is 19.7 Å². The largest absolute Gasteiger partial charge is 0.396 e. The number of nitrogens with one attached hydrogen (secondary N) is 1. The number of fused-ring (bicyclic) bond motifs is 5. The van der Waals surface area contributed by atoms with Crippen molar-refractivity contribution in [1.29, 1.82) is 0 Å². The van der Waals surface area contributed by atoms with E-state index in [2.05, 4.69) is 40.7 Å². The zero-order valence-electron chi connectivity index (χ0n) is 13.0. The van der Waals surface area contributed by atoms with E-state index in [1.807, 2.05) is 6.08 Å². The summed E-state index contributed by atoms with van der Waals surface area (Å²) < 4.78 is 0. The molecular formula is C19H24N2O. The van der Waals surface area contributed by atoms with Crippen LogP contribution in [0.5, 0.6) is 0 Å². The maximum Gasteiger partial charge on any atom is 0.0504 e. The van der Waals surface area contributed by atoms with Gasteiger partial charge in [-0.25, -0.2) is 0 Å². The average Bonchev–Trinajstić information content (AvgIpc) is 2.95. The van der Waals surface area contributed by atoms with Crippen molar-refractivity contribution in [3.05, 3.63) is 48.2 Å². The van der Waals surface area contributed by atoms with Gasteiger partial charge in [-0.3, -0.25) is 4.90 Å². The molecule has 3 heterocycles. The van der Waals surface area contributed by atoms with E-state index in [4.69, 9.17) is 0 Å². The van der Waals surface area contributed by atoms with Crippen LogP contribution in [0.15, 0.2) is 36.9 Å². The minimum Gasteiger partial charge on any atom is -0.396 e. The average molecular weight is 296 g/mol. The number of hydrogen-bond donors (Lipinski definition) is 2. The summed E-state index contributed by atoms with van der Waals surface area (Å²) >= 11 is 0. The fourth-order valence-corrected chi connectivity index (χ4v) is 4.44. The third kappa shape index (κ3) is 2.11. The van der Waals surface area contributed by atoms with Crippen molar-refractivity contribution < 1.29 is 5.11 Å². The molecule has 0 saturated carbocycles. The fraction of sp³-hybridized carbons (Fsp3) is 0.474. The van der Waals surface area contributed by atoms with E-state index < -0.39 is 0 Å². The van der Waals surface area contributed by atoms with E-state index in [9.17, 15) is 5.11 Å². The van der Waals surface area contributed by atoms with Gasteiger partial charge in [0, 0.05) is 35.7 Å². The van der Waals surface area contributed by atoms with Crippen LogP contribution in [0, 0.1) is 11.8 Å². The first-order chi connectivity index (χ1) is 10.8. The van der Waals surface area contributed by atoms with Gasteiger partial charge in [-0.2, -0.15) is 0 Å². The molecule has 2 aliphatic heterocycles. The number of aliphatic hydroxyl groups excluding tert-OH is 1. The van der Waals surface area contributed by atoms with E-state index in [1.54, 1.807) is 0 Å². The molecule has 2 N–H and O–H groups in total. The molecule has 1 aromatic heterocycles. The van der Waals surface area contributed by atoms with Gasteiger partial charge in [0.05, 0.1) is 6.04 Å². The number of aromatic nitrogens is 1. The third-order valence-electron chi connectivity index (χ3n) is 5.70. The van der Waals surface area contributed by atoms with Gasteiger partial charge in [-0.05, 0) is 43.4 Å². The molecule has 2 aromatic rings. The number of piperidine rings is 1. The highest BCUT2D eigenvalue weighted by Crippen LogP contribution is 2.42. The summed E-state index contributed by atoms with van der Waals surface area (Å²) in [6, 6.07) is 9.13. The molecule has 1 saturated heterocycles. The number of H-pyrrole nitrogens is 1. The monoisotopic (exact) mass is 296 g/mol. The van der Waals surface area contributed by atoms with Gasteiger partial charge in [0.2, 0.25) is 0 Å². The molecule has 0 amide bonds. The highest BCUT2D eigenvalue weighted by molar-refractivity contribution is 5.85. The van der Waals surface area contributed by atoms with Gasteiger partial charge in [-0.15, -0.1) is 6.58 Å². The van der Waals surface area contributed by atoms with Crippen LogP contribution >= 0.6 is 0 Å². The van der Waals surface area contributed by atoms with Crippen LogP contribution in [-0.4, -0.2) is 34.7 Å². The molecular weight excluding hydrogens is 272 g/mol. The number of aliphatic hydroxyl groups is 1. The standard InChI is InChI=1S/C19H24N2O/c1-2-13(12-22)14-7-9-21-10-8-16-15-5-3-4-6-17(15)20-19(16)18(21)11-14/h2-6,13-14,18,20,22H,1,7-12H2/t13-,14+,18-/m1/s1. The summed E-state index contributed by atoms with van der Waals surface area (Å²) in [7, 11) is 0. The Labute approximate surface area is 131 Å². The van der Waals surface area contributed by atoms with E-state index >= 15 is 0 Å². The molecule has 3 atom stereocenters. The third-order valence-corrected chi connectivity index (χ3v) is 5.70. The minimum atomic E-state index is 0.223. The normalized spacial score (nSPS) is 26.4. The molecule has 0 spiro atoms. The molecule has 3 nitrogen and oxygen atoms in total. The SMILES string of the molecule is C=C[C@H](CO)[C@H]1CCN2CCc3c([nH]c4ccccc34)[C@H]2C1. The Morgan fingerprint density at radius 3 is 3.05 bits per heavy atom. The lowest BCUT2D eigenvalue weighted by molar-refractivity contribution is 0.0704. The molecule has 22 heavy (non-hydrogen) atoms. The van der Waals surface area contributed by atoms with Crippen molar-refractivity contribution in [3.8, 4) is 0 Å². The van der Waals surface area contributed by atoms with Gasteiger partial charge < -0.3 is 10.1 Å².